The molecule has 1 amide bonds. The van der Waals surface area contributed by atoms with Crippen molar-refractivity contribution in [1.29, 1.82) is 0 Å². The third-order valence-corrected chi connectivity index (χ3v) is 5.31. The number of nitrogens with zero attached hydrogens (tertiary/aromatic N) is 1. The lowest BCUT2D eigenvalue weighted by Crippen LogP contribution is -2.41. The van der Waals surface area contributed by atoms with E-state index in [1.165, 1.54) is 12.1 Å². The van der Waals surface area contributed by atoms with Gasteiger partial charge in [0.05, 0.1) is 11.6 Å². The van der Waals surface area contributed by atoms with Crippen molar-refractivity contribution in [2.24, 2.45) is 0 Å². The summed E-state index contributed by atoms with van der Waals surface area (Å²) < 4.78 is 39.6. The Bertz CT molecular complexity index is 867. The van der Waals surface area contributed by atoms with E-state index in [1.54, 1.807) is 13.1 Å². The number of amides is 1. The number of alkyl halides is 3. The van der Waals surface area contributed by atoms with Crippen LogP contribution in [0.1, 0.15) is 23.1 Å². The van der Waals surface area contributed by atoms with Gasteiger partial charge in [-0.3, -0.25) is 9.69 Å². The summed E-state index contributed by atoms with van der Waals surface area (Å²) in [5.74, 6) is -0.0805. The summed E-state index contributed by atoms with van der Waals surface area (Å²) in [4.78, 5) is 14.4. The van der Waals surface area contributed by atoms with Crippen molar-refractivity contribution in [3.63, 3.8) is 0 Å². The molecule has 2 atom stereocenters. The van der Waals surface area contributed by atoms with Gasteiger partial charge in [-0.25, -0.2) is 0 Å². The molecule has 160 valence electrons. The molecular weight excluding hydrogens is 391 g/mol. The van der Waals surface area contributed by atoms with Crippen LogP contribution in [0.2, 0.25) is 0 Å². The van der Waals surface area contributed by atoms with Crippen LogP contribution in [0.4, 0.5) is 13.2 Å². The lowest BCUT2D eigenvalue weighted by molar-refractivity contribution is -0.138. The maximum atomic E-state index is 13.2. The number of halogens is 3. The highest BCUT2D eigenvalue weighted by Gasteiger charge is 2.36. The normalized spacial score (nSPS) is 20.0. The molecule has 3 rings (SSSR count). The molecule has 1 heterocycles. The van der Waals surface area contributed by atoms with Crippen LogP contribution in [0.15, 0.2) is 60.7 Å². The Morgan fingerprint density at radius 1 is 1.13 bits per heavy atom. The van der Waals surface area contributed by atoms with Crippen LogP contribution < -0.4 is 10.6 Å². The number of hydrogen-bond donors (Lipinski definition) is 2. The molecule has 0 unspecified atom stereocenters. The molecule has 1 fully saturated rings. The maximum Gasteiger partial charge on any atom is 0.416 e. The molecule has 0 aliphatic carbocycles. The Kier molecular flexibility index (Phi) is 7.29. The molecule has 4 nitrogen and oxygen atoms in total. The Labute approximate surface area is 174 Å². The molecular formula is C23H26F3N3O. The van der Waals surface area contributed by atoms with Crippen molar-refractivity contribution in [3.05, 3.63) is 77.4 Å². The Balaban J connectivity index is 1.63. The first-order valence-electron chi connectivity index (χ1n) is 9.94. The van der Waals surface area contributed by atoms with Crippen molar-refractivity contribution in [2.75, 3.05) is 20.1 Å². The van der Waals surface area contributed by atoms with Gasteiger partial charge in [-0.1, -0.05) is 60.7 Å². The summed E-state index contributed by atoms with van der Waals surface area (Å²) in [6, 6.07) is 15.1. The lowest BCUT2D eigenvalue weighted by atomic mass is 10.1. The number of carbonyl (C=O) groups excluding carboxylic acids is 1. The Morgan fingerprint density at radius 2 is 1.83 bits per heavy atom. The molecule has 1 aliphatic rings. The van der Waals surface area contributed by atoms with E-state index in [0.717, 1.165) is 11.6 Å². The van der Waals surface area contributed by atoms with Gasteiger partial charge in [0.1, 0.15) is 0 Å². The molecule has 1 aliphatic heterocycles. The first-order valence-corrected chi connectivity index (χ1v) is 9.94. The van der Waals surface area contributed by atoms with Crippen molar-refractivity contribution in [2.45, 2.75) is 31.2 Å². The van der Waals surface area contributed by atoms with Crippen LogP contribution in [0.25, 0.3) is 6.08 Å². The summed E-state index contributed by atoms with van der Waals surface area (Å²) in [6.07, 6.45) is 0.174. The molecule has 2 aromatic rings. The zero-order valence-corrected chi connectivity index (χ0v) is 16.8. The highest BCUT2D eigenvalue weighted by molar-refractivity contribution is 5.82. The second-order valence-electron chi connectivity index (χ2n) is 7.37. The zero-order chi connectivity index (χ0) is 21.6. The Morgan fingerprint density at radius 3 is 2.53 bits per heavy atom. The molecule has 2 aromatic carbocycles. The van der Waals surface area contributed by atoms with E-state index in [2.05, 4.69) is 10.6 Å². The van der Waals surface area contributed by atoms with Gasteiger partial charge < -0.3 is 10.6 Å². The second-order valence-corrected chi connectivity index (χ2v) is 7.37. The largest absolute Gasteiger partial charge is 0.416 e. The fourth-order valence-corrected chi connectivity index (χ4v) is 3.79. The number of rotatable bonds is 7. The van der Waals surface area contributed by atoms with Gasteiger partial charge in [0.2, 0.25) is 5.91 Å². The van der Waals surface area contributed by atoms with Crippen LogP contribution >= 0.6 is 0 Å². The van der Waals surface area contributed by atoms with E-state index >= 15 is 0 Å². The molecule has 0 saturated carbocycles. The van der Waals surface area contributed by atoms with Gasteiger partial charge in [-0.2, -0.15) is 13.2 Å². The quantitative estimate of drug-likeness (QED) is 0.722. The minimum atomic E-state index is -4.38. The van der Waals surface area contributed by atoms with Crippen LogP contribution in [0, 0.1) is 0 Å². The van der Waals surface area contributed by atoms with Gasteiger partial charge in [-0.15, -0.1) is 0 Å². The zero-order valence-electron chi connectivity index (χ0n) is 16.8. The smallest absolute Gasteiger partial charge is 0.358 e. The fourth-order valence-electron chi connectivity index (χ4n) is 3.79. The molecule has 0 aromatic heterocycles. The van der Waals surface area contributed by atoms with Crippen LogP contribution in [0.3, 0.4) is 0 Å². The van der Waals surface area contributed by atoms with E-state index in [-0.39, 0.29) is 30.1 Å². The standard InChI is InChI=1S/C23H26F3N3O/c1-27-22(30)21-14-19(16-29(21)13-7-10-17-8-3-2-4-9-17)28-15-18-11-5-6-12-20(18)23(24,25)26/h2-12,19,21,28H,13-16H2,1H3,(H,27,30)/t19-,21-/m0/s1. The first-order chi connectivity index (χ1) is 14.4. The third kappa shape index (κ3) is 5.70. The summed E-state index contributed by atoms with van der Waals surface area (Å²) in [5.41, 5.74) is 0.663. The molecule has 0 bridgehead atoms. The van der Waals surface area contributed by atoms with Crippen molar-refractivity contribution in [1.82, 2.24) is 15.5 Å². The molecule has 1 saturated heterocycles. The third-order valence-electron chi connectivity index (χ3n) is 5.31. The second kappa shape index (κ2) is 9.91. The highest BCUT2D eigenvalue weighted by Crippen LogP contribution is 2.32. The van der Waals surface area contributed by atoms with Crippen molar-refractivity contribution >= 4 is 12.0 Å². The summed E-state index contributed by atoms with van der Waals surface area (Å²) in [5, 5.41) is 5.90. The molecule has 2 N–H and O–H groups in total. The minimum absolute atomic E-state index is 0.0706. The number of benzene rings is 2. The number of nitrogens with one attached hydrogen (secondary N) is 2. The van der Waals surface area contributed by atoms with E-state index in [4.69, 9.17) is 0 Å². The van der Waals surface area contributed by atoms with Crippen LogP contribution in [0.5, 0.6) is 0 Å². The fraction of sp³-hybridized carbons (Fsp3) is 0.348. The van der Waals surface area contributed by atoms with E-state index in [1.807, 2.05) is 47.4 Å². The van der Waals surface area contributed by atoms with Gasteiger partial charge in [0, 0.05) is 32.7 Å². The molecule has 0 spiro atoms. The average molecular weight is 417 g/mol. The monoisotopic (exact) mass is 417 g/mol. The topological polar surface area (TPSA) is 44.4 Å². The van der Waals surface area contributed by atoms with E-state index in [0.29, 0.717) is 19.5 Å². The number of carbonyl (C=O) groups is 1. The molecule has 0 radical (unpaired) electrons. The van der Waals surface area contributed by atoms with Crippen molar-refractivity contribution < 1.29 is 18.0 Å². The van der Waals surface area contributed by atoms with E-state index in [9.17, 15) is 18.0 Å². The number of likely N-dealkylation sites (tertiary alicyclic amines) is 1. The molecule has 30 heavy (non-hydrogen) atoms. The van der Waals surface area contributed by atoms with Crippen molar-refractivity contribution in [3.8, 4) is 0 Å². The predicted molar refractivity (Wildman–Crippen MR) is 112 cm³/mol. The number of likely N-dealkylation sites (N-methyl/N-ethyl adjacent to an activating group) is 1. The Hall–Kier alpha value is -2.64. The van der Waals surface area contributed by atoms with Gasteiger partial charge >= 0.3 is 6.18 Å². The van der Waals surface area contributed by atoms with Gasteiger partial charge in [0.15, 0.2) is 0 Å². The predicted octanol–water partition coefficient (Wildman–Crippen LogP) is 3.70. The van der Waals surface area contributed by atoms with Gasteiger partial charge in [0.25, 0.3) is 0 Å². The maximum absolute atomic E-state index is 13.2. The van der Waals surface area contributed by atoms with Gasteiger partial charge in [-0.05, 0) is 23.6 Å². The summed E-state index contributed by atoms with van der Waals surface area (Å²) in [6.45, 7) is 1.28. The summed E-state index contributed by atoms with van der Waals surface area (Å²) in [7, 11) is 1.60. The summed E-state index contributed by atoms with van der Waals surface area (Å²) >= 11 is 0. The van der Waals surface area contributed by atoms with Crippen LogP contribution in [-0.4, -0.2) is 43.0 Å². The average Bonchev–Trinajstić information content (AvgIpc) is 3.15. The number of hydrogen-bond acceptors (Lipinski definition) is 3. The first kappa shape index (κ1) is 22.1. The van der Waals surface area contributed by atoms with Crippen LogP contribution in [-0.2, 0) is 17.5 Å². The lowest BCUT2D eigenvalue weighted by Gasteiger charge is -2.21. The SMILES string of the molecule is CNC(=O)[C@@H]1C[C@H](NCc2ccccc2C(F)(F)F)CN1CC=Cc1ccccc1. The highest BCUT2D eigenvalue weighted by atomic mass is 19.4. The molecule has 7 heteroatoms. The van der Waals surface area contributed by atoms with E-state index < -0.39 is 11.7 Å². The minimum Gasteiger partial charge on any atom is -0.358 e.